The average molecular weight is 526 g/mol. The number of amides is 1. The molecule has 2 aromatic carbocycles. The van der Waals surface area contributed by atoms with Crippen molar-refractivity contribution in [2.45, 2.75) is 33.2 Å². The molecule has 6 nitrogen and oxygen atoms in total. The van der Waals surface area contributed by atoms with Gasteiger partial charge in [-0.3, -0.25) is 9.78 Å². The second-order valence-electron chi connectivity index (χ2n) is 7.59. The lowest BCUT2D eigenvalue weighted by Gasteiger charge is -2.31. The number of fused-ring (bicyclic) bond motifs is 1. The summed E-state index contributed by atoms with van der Waals surface area (Å²) < 4.78 is 5.18. The van der Waals surface area contributed by atoms with Crippen LogP contribution < -0.4 is 4.90 Å². The van der Waals surface area contributed by atoms with Crippen molar-refractivity contribution < 1.29 is 19.4 Å². The SMILES string of the molecule is CCc1cccc(C)c1N(C(=O)CCl)C(C)COC.O=C(O)c1c(Cl)ccc2cc(Cl)cnc12. The fourth-order valence-electron chi connectivity index (χ4n) is 3.67. The summed E-state index contributed by atoms with van der Waals surface area (Å²) in [5.74, 6) is -1.21. The van der Waals surface area contributed by atoms with Gasteiger partial charge in [-0.05, 0) is 43.5 Å². The summed E-state index contributed by atoms with van der Waals surface area (Å²) in [5.41, 5.74) is 3.56. The number of hydrogen-bond acceptors (Lipinski definition) is 4. The number of anilines is 1. The molecule has 1 heterocycles. The van der Waals surface area contributed by atoms with Gasteiger partial charge in [0.15, 0.2) is 0 Å². The van der Waals surface area contributed by atoms with Crippen molar-refractivity contribution >= 4 is 63.3 Å². The molecule has 9 heteroatoms. The Hall–Kier alpha value is -2.38. The second-order valence-corrected chi connectivity index (χ2v) is 8.70. The van der Waals surface area contributed by atoms with Gasteiger partial charge in [0.1, 0.15) is 11.4 Å². The van der Waals surface area contributed by atoms with E-state index < -0.39 is 5.97 Å². The van der Waals surface area contributed by atoms with Crippen molar-refractivity contribution in [2.24, 2.45) is 0 Å². The number of aromatic carboxylic acids is 1. The van der Waals surface area contributed by atoms with Crippen LogP contribution in [0.25, 0.3) is 10.9 Å². The number of carbonyl (C=O) groups is 2. The molecule has 182 valence electrons. The first-order chi connectivity index (χ1) is 16.2. The van der Waals surface area contributed by atoms with E-state index in [-0.39, 0.29) is 28.4 Å². The molecule has 1 N–H and O–H groups in total. The number of pyridine rings is 1. The van der Waals surface area contributed by atoms with Crippen molar-refractivity contribution in [3.8, 4) is 0 Å². The third kappa shape index (κ3) is 6.60. The fraction of sp³-hybridized carbons (Fsp3) is 0.320. The number of para-hydroxylation sites is 1. The van der Waals surface area contributed by atoms with E-state index in [2.05, 4.69) is 18.0 Å². The highest BCUT2D eigenvalue weighted by Gasteiger charge is 2.24. The molecule has 0 aliphatic heterocycles. The molecule has 1 aromatic heterocycles. The van der Waals surface area contributed by atoms with Crippen molar-refractivity contribution in [1.82, 2.24) is 4.98 Å². The summed E-state index contributed by atoms with van der Waals surface area (Å²) in [6.45, 7) is 6.56. The minimum absolute atomic E-state index is 0.00540. The molecule has 3 rings (SSSR count). The number of carboxylic acid groups (broad SMARTS) is 1. The molecule has 0 bridgehead atoms. The van der Waals surface area contributed by atoms with Crippen LogP contribution in [0.1, 0.15) is 35.3 Å². The summed E-state index contributed by atoms with van der Waals surface area (Å²) in [4.78, 5) is 28.9. The maximum atomic E-state index is 12.2. The Kier molecular flexibility index (Phi) is 10.6. The summed E-state index contributed by atoms with van der Waals surface area (Å²) in [5, 5.41) is 10.3. The van der Waals surface area contributed by atoms with Gasteiger partial charge in [0.05, 0.1) is 33.9 Å². The van der Waals surface area contributed by atoms with E-state index >= 15 is 0 Å². The van der Waals surface area contributed by atoms with Gasteiger partial charge in [-0.2, -0.15) is 0 Å². The highest BCUT2D eigenvalue weighted by atomic mass is 35.5. The van der Waals surface area contributed by atoms with E-state index in [1.165, 1.54) is 12.3 Å². The number of carbonyl (C=O) groups excluding carboxylic acids is 1. The van der Waals surface area contributed by atoms with Gasteiger partial charge in [-0.1, -0.05) is 54.4 Å². The largest absolute Gasteiger partial charge is 0.478 e. The zero-order chi connectivity index (χ0) is 25.4. The summed E-state index contributed by atoms with van der Waals surface area (Å²) >= 11 is 17.3. The van der Waals surface area contributed by atoms with Crippen molar-refractivity contribution in [1.29, 1.82) is 0 Å². The van der Waals surface area contributed by atoms with Crippen LogP contribution >= 0.6 is 34.8 Å². The fourth-order valence-corrected chi connectivity index (χ4v) is 4.20. The van der Waals surface area contributed by atoms with E-state index in [0.29, 0.717) is 22.5 Å². The molecule has 3 aromatic rings. The van der Waals surface area contributed by atoms with Crippen LogP contribution in [0.3, 0.4) is 0 Å². The number of nitrogens with zero attached hydrogens (tertiary/aromatic N) is 2. The summed E-state index contributed by atoms with van der Waals surface area (Å²) in [6, 6.07) is 10.9. The number of aromatic nitrogens is 1. The standard InChI is InChI=1S/C15H22ClNO2.C10H5Cl2NO2/c1-5-13-8-6-7-11(2)15(13)17(14(18)9-16)12(3)10-19-4;11-6-3-5-1-2-7(12)8(10(14)15)9(5)13-4-6/h6-8,12H,5,9-10H2,1-4H3;1-4H,(H,14,15). The Labute approximate surface area is 214 Å². The molecule has 34 heavy (non-hydrogen) atoms. The van der Waals surface area contributed by atoms with Gasteiger partial charge in [0, 0.05) is 18.7 Å². The molecule has 0 fully saturated rings. The van der Waals surface area contributed by atoms with Crippen LogP contribution in [0.2, 0.25) is 10.0 Å². The van der Waals surface area contributed by atoms with E-state index in [1.807, 2.05) is 26.0 Å². The number of hydrogen-bond donors (Lipinski definition) is 1. The lowest BCUT2D eigenvalue weighted by atomic mass is 10.0. The minimum atomic E-state index is -1.10. The molecule has 0 saturated carbocycles. The van der Waals surface area contributed by atoms with Crippen molar-refractivity contribution in [2.75, 3.05) is 24.5 Å². The van der Waals surface area contributed by atoms with Gasteiger partial charge in [0.25, 0.3) is 0 Å². The van der Waals surface area contributed by atoms with Crippen LogP contribution in [0, 0.1) is 6.92 Å². The number of carboxylic acids is 1. The lowest BCUT2D eigenvalue weighted by molar-refractivity contribution is -0.116. The Bertz CT molecular complexity index is 1170. The average Bonchev–Trinajstić information content (AvgIpc) is 2.80. The number of halogens is 3. The van der Waals surface area contributed by atoms with Crippen molar-refractivity contribution in [3.63, 3.8) is 0 Å². The molecule has 1 amide bonds. The Balaban J connectivity index is 0.000000246. The number of benzene rings is 2. The van der Waals surface area contributed by atoms with Gasteiger partial charge in [0.2, 0.25) is 5.91 Å². The Morgan fingerprint density at radius 2 is 1.91 bits per heavy atom. The van der Waals surface area contributed by atoms with Gasteiger partial charge in [-0.25, -0.2) is 4.79 Å². The highest BCUT2D eigenvalue weighted by Crippen LogP contribution is 2.28. The predicted octanol–water partition coefficient (Wildman–Crippen LogP) is 6.40. The summed E-state index contributed by atoms with van der Waals surface area (Å²) in [7, 11) is 1.64. The normalized spacial score (nSPS) is 11.5. The Morgan fingerprint density at radius 1 is 1.21 bits per heavy atom. The third-order valence-corrected chi connectivity index (χ3v) is 5.91. The zero-order valence-corrected chi connectivity index (χ0v) is 21.7. The van der Waals surface area contributed by atoms with Crippen molar-refractivity contribution in [3.05, 3.63) is 69.3 Å². The second kappa shape index (κ2) is 12.9. The van der Waals surface area contributed by atoms with Gasteiger partial charge >= 0.3 is 5.97 Å². The number of rotatable bonds is 7. The smallest absolute Gasteiger partial charge is 0.339 e. The van der Waals surface area contributed by atoms with E-state index in [1.54, 1.807) is 24.1 Å². The highest BCUT2D eigenvalue weighted by molar-refractivity contribution is 6.35. The van der Waals surface area contributed by atoms with Gasteiger partial charge < -0.3 is 14.7 Å². The monoisotopic (exact) mass is 524 g/mol. The first-order valence-corrected chi connectivity index (χ1v) is 11.9. The molecule has 0 radical (unpaired) electrons. The molecular formula is C25H27Cl3N2O4. The lowest BCUT2D eigenvalue weighted by Crippen LogP contribution is -2.43. The quantitative estimate of drug-likeness (QED) is 0.361. The number of methoxy groups -OCH3 is 1. The molecule has 1 unspecified atom stereocenters. The zero-order valence-electron chi connectivity index (χ0n) is 19.4. The van der Waals surface area contributed by atoms with Crippen LogP contribution in [0.15, 0.2) is 42.6 Å². The first kappa shape index (κ1) is 27.9. The van der Waals surface area contributed by atoms with E-state index in [9.17, 15) is 9.59 Å². The van der Waals surface area contributed by atoms with Gasteiger partial charge in [-0.15, -0.1) is 11.6 Å². The maximum Gasteiger partial charge on any atom is 0.339 e. The third-order valence-electron chi connectivity index (χ3n) is 5.16. The van der Waals surface area contributed by atoms with Crippen LogP contribution in [0.5, 0.6) is 0 Å². The maximum absolute atomic E-state index is 12.2. The number of aryl methyl sites for hydroxylation is 2. The van der Waals surface area contributed by atoms with Crippen LogP contribution in [0.4, 0.5) is 5.69 Å². The minimum Gasteiger partial charge on any atom is -0.478 e. The van der Waals surface area contributed by atoms with Crippen LogP contribution in [-0.2, 0) is 16.0 Å². The first-order valence-electron chi connectivity index (χ1n) is 10.6. The molecule has 0 aliphatic rings. The number of ether oxygens (including phenoxy) is 1. The number of alkyl halides is 1. The summed E-state index contributed by atoms with van der Waals surface area (Å²) in [6.07, 6.45) is 2.27. The molecule has 0 aliphatic carbocycles. The molecular weight excluding hydrogens is 499 g/mol. The van der Waals surface area contributed by atoms with Crippen LogP contribution in [-0.4, -0.2) is 47.6 Å². The Morgan fingerprint density at radius 3 is 2.50 bits per heavy atom. The van der Waals surface area contributed by atoms with E-state index in [0.717, 1.165) is 23.2 Å². The predicted molar refractivity (Wildman–Crippen MR) is 139 cm³/mol. The molecule has 1 atom stereocenters. The topological polar surface area (TPSA) is 79.7 Å². The molecule has 0 spiro atoms. The van der Waals surface area contributed by atoms with E-state index in [4.69, 9.17) is 44.6 Å². The molecule has 0 saturated heterocycles.